The summed E-state index contributed by atoms with van der Waals surface area (Å²) in [5.74, 6) is -1.84. The van der Waals surface area contributed by atoms with E-state index in [9.17, 15) is 17.8 Å². The Bertz CT molecular complexity index is 1010. The van der Waals surface area contributed by atoms with Crippen LogP contribution in [0.2, 0.25) is 0 Å². The van der Waals surface area contributed by atoms with Gasteiger partial charge in [0.15, 0.2) is 0 Å². The zero-order valence-electron chi connectivity index (χ0n) is 14.7. The van der Waals surface area contributed by atoms with Crippen LogP contribution in [0.4, 0.5) is 13.9 Å². The number of benzene rings is 2. The lowest BCUT2D eigenvalue weighted by Crippen LogP contribution is -2.19. The van der Waals surface area contributed by atoms with Crippen molar-refractivity contribution in [3.63, 3.8) is 0 Å². The van der Waals surface area contributed by atoms with E-state index in [-0.39, 0.29) is 16.5 Å². The Hall–Kier alpha value is -2.56. The summed E-state index contributed by atoms with van der Waals surface area (Å²) in [7, 11) is -1.54. The molecule has 0 spiro atoms. The molecular formula is C18H16F2N4O2S2. The number of hydrogen-bond donors (Lipinski definition) is 2. The third-order valence-electron chi connectivity index (χ3n) is 3.62. The van der Waals surface area contributed by atoms with Gasteiger partial charge in [-0.1, -0.05) is 18.3 Å². The highest BCUT2D eigenvalue weighted by Gasteiger charge is 2.17. The fourth-order valence-corrected chi connectivity index (χ4v) is 3.94. The van der Waals surface area contributed by atoms with Crippen molar-refractivity contribution in [2.75, 3.05) is 11.9 Å². The molecular weight excluding hydrogens is 406 g/mol. The molecule has 3 aromatic rings. The Morgan fingerprint density at radius 3 is 2.61 bits per heavy atom. The van der Waals surface area contributed by atoms with Gasteiger partial charge in [0.05, 0.1) is 10.5 Å². The van der Waals surface area contributed by atoms with E-state index < -0.39 is 22.7 Å². The van der Waals surface area contributed by atoms with Crippen molar-refractivity contribution >= 4 is 33.4 Å². The number of hydrogen-bond acceptors (Lipinski definition) is 5. The molecule has 3 rings (SSSR count). The van der Waals surface area contributed by atoms with E-state index in [1.807, 2.05) is 6.92 Å². The van der Waals surface area contributed by atoms with Crippen LogP contribution in [-0.2, 0) is 11.0 Å². The number of carbonyl (C=O) groups excluding carboxylic acids is 1. The summed E-state index contributed by atoms with van der Waals surface area (Å²) in [6.07, 6.45) is 0.785. The summed E-state index contributed by atoms with van der Waals surface area (Å²) in [4.78, 5) is 12.7. The number of nitrogens with zero attached hydrogens (tertiary/aromatic N) is 2. The SMILES string of the molecule is CCCNS(=O)c1ccc(F)c(C(=O)Nc2nnc(-c3ccc(F)cc3)s2)c1. The summed E-state index contributed by atoms with van der Waals surface area (Å²) in [6, 6.07) is 9.38. The number of rotatable bonds is 7. The fourth-order valence-electron chi connectivity index (χ4n) is 2.22. The van der Waals surface area contributed by atoms with Crippen LogP contribution >= 0.6 is 11.3 Å². The predicted octanol–water partition coefficient (Wildman–Crippen LogP) is 3.76. The molecule has 0 saturated heterocycles. The maximum Gasteiger partial charge on any atom is 0.260 e. The van der Waals surface area contributed by atoms with Crippen molar-refractivity contribution in [1.82, 2.24) is 14.9 Å². The van der Waals surface area contributed by atoms with Crippen molar-refractivity contribution in [2.45, 2.75) is 18.2 Å². The number of nitrogens with one attached hydrogen (secondary N) is 2. The summed E-state index contributed by atoms with van der Waals surface area (Å²) in [6.45, 7) is 2.46. The first-order valence-electron chi connectivity index (χ1n) is 8.33. The maximum atomic E-state index is 14.1. The quantitative estimate of drug-likeness (QED) is 0.607. The van der Waals surface area contributed by atoms with Crippen molar-refractivity contribution in [3.05, 3.63) is 59.7 Å². The molecule has 146 valence electrons. The van der Waals surface area contributed by atoms with Crippen LogP contribution < -0.4 is 10.0 Å². The highest BCUT2D eigenvalue weighted by molar-refractivity contribution is 7.83. The summed E-state index contributed by atoms with van der Waals surface area (Å²) in [5.41, 5.74) is 0.396. The second-order valence-electron chi connectivity index (χ2n) is 5.68. The highest BCUT2D eigenvalue weighted by Crippen LogP contribution is 2.27. The van der Waals surface area contributed by atoms with E-state index >= 15 is 0 Å². The molecule has 0 aliphatic carbocycles. The third-order valence-corrected chi connectivity index (χ3v) is 5.65. The van der Waals surface area contributed by atoms with Gasteiger partial charge in [-0.2, -0.15) is 0 Å². The number of carbonyl (C=O) groups is 1. The molecule has 0 bridgehead atoms. The fraction of sp³-hybridized carbons (Fsp3) is 0.167. The molecule has 1 heterocycles. The topological polar surface area (TPSA) is 84.0 Å². The van der Waals surface area contributed by atoms with E-state index in [1.165, 1.54) is 24.3 Å². The average Bonchev–Trinajstić information content (AvgIpc) is 3.15. The monoisotopic (exact) mass is 422 g/mol. The van der Waals surface area contributed by atoms with Crippen molar-refractivity contribution in [1.29, 1.82) is 0 Å². The molecule has 0 saturated carbocycles. The van der Waals surface area contributed by atoms with E-state index in [4.69, 9.17) is 0 Å². The van der Waals surface area contributed by atoms with Crippen LogP contribution in [0.15, 0.2) is 47.4 Å². The molecule has 0 fully saturated rings. The van der Waals surface area contributed by atoms with Crippen LogP contribution in [0, 0.1) is 11.6 Å². The lowest BCUT2D eigenvalue weighted by molar-refractivity contribution is 0.102. The van der Waals surface area contributed by atoms with Gasteiger partial charge in [0.25, 0.3) is 5.91 Å². The molecule has 2 aromatic carbocycles. The minimum Gasteiger partial charge on any atom is -0.296 e. The van der Waals surface area contributed by atoms with Gasteiger partial charge in [0.1, 0.15) is 27.6 Å². The van der Waals surface area contributed by atoms with Crippen molar-refractivity contribution in [3.8, 4) is 10.6 Å². The average molecular weight is 422 g/mol. The molecule has 0 aliphatic heterocycles. The van der Waals surface area contributed by atoms with Crippen LogP contribution in [0.1, 0.15) is 23.7 Å². The molecule has 1 atom stereocenters. The van der Waals surface area contributed by atoms with E-state index in [0.717, 1.165) is 23.8 Å². The second-order valence-corrected chi connectivity index (χ2v) is 7.95. The Balaban J connectivity index is 1.76. The largest absolute Gasteiger partial charge is 0.296 e. The Labute approximate surface area is 166 Å². The molecule has 1 amide bonds. The minimum absolute atomic E-state index is 0.166. The van der Waals surface area contributed by atoms with Crippen LogP contribution in [0.3, 0.4) is 0 Å². The molecule has 1 unspecified atom stereocenters. The lowest BCUT2D eigenvalue weighted by Gasteiger charge is -2.07. The molecule has 10 heteroatoms. The van der Waals surface area contributed by atoms with Gasteiger partial charge in [-0.15, -0.1) is 10.2 Å². The molecule has 0 aliphatic rings. The molecule has 1 aromatic heterocycles. The van der Waals surface area contributed by atoms with Crippen molar-refractivity contribution < 1.29 is 17.8 Å². The third kappa shape index (κ3) is 4.83. The van der Waals surface area contributed by atoms with Gasteiger partial charge in [-0.3, -0.25) is 10.1 Å². The molecule has 2 N–H and O–H groups in total. The number of halogens is 2. The minimum atomic E-state index is -1.54. The van der Waals surface area contributed by atoms with Crippen LogP contribution in [0.25, 0.3) is 10.6 Å². The summed E-state index contributed by atoms with van der Waals surface area (Å²) in [5, 5.41) is 10.9. The zero-order chi connectivity index (χ0) is 20.1. The zero-order valence-corrected chi connectivity index (χ0v) is 16.4. The second kappa shape index (κ2) is 9.09. The van der Waals surface area contributed by atoms with Crippen LogP contribution in [0.5, 0.6) is 0 Å². The smallest absolute Gasteiger partial charge is 0.260 e. The van der Waals surface area contributed by atoms with Gasteiger partial charge in [0, 0.05) is 12.1 Å². The van der Waals surface area contributed by atoms with E-state index in [1.54, 1.807) is 12.1 Å². The Kier molecular flexibility index (Phi) is 6.55. The van der Waals surface area contributed by atoms with Gasteiger partial charge in [0.2, 0.25) is 5.13 Å². The first-order valence-corrected chi connectivity index (χ1v) is 10.3. The standard InChI is InChI=1S/C18H16F2N4O2S2/c1-2-9-21-28(26)13-7-8-15(20)14(10-13)16(25)22-18-24-23-17(27-18)11-3-5-12(19)6-4-11/h3-8,10,21H,2,9H2,1H3,(H,22,24,25). The lowest BCUT2D eigenvalue weighted by atomic mass is 10.2. The summed E-state index contributed by atoms with van der Waals surface area (Å²) < 4.78 is 42.0. The number of anilines is 1. The Morgan fingerprint density at radius 2 is 1.89 bits per heavy atom. The van der Waals surface area contributed by atoms with E-state index in [0.29, 0.717) is 22.0 Å². The normalized spacial score (nSPS) is 12.0. The Morgan fingerprint density at radius 1 is 1.14 bits per heavy atom. The molecule has 6 nitrogen and oxygen atoms in total. The predicted molar refractivity (Wildman–Crippen MR) is 104 cm³/mol. The van der Waals surface area contributed by atoms with Gasteiger partial charge in [-0.05, 0) is 48.9 Å². The number of amides is 1. The van der Waals surface area contributed by atoms with Crippen molar-refractivity contribution in [2.24, 2.45) is 0 Å². The first kappa shape index (κ1) is 20.2. The maximum absolute atomic E-state index is 14.1. The molecule has 28 heavy (non-hydrogen) atoms. The summed E-state index contributed by atoms with van der Waals surface area (Å²) >= 11 is 1.07. The first-order chi connectivity index (χ1) is 13.5. The number of aromatic nitrogens is 2. The molecule has 0 radical (unpaired) electrons. The van der Waals surface area contributed by atoms with E-state index in [2.05, 4.69) is 20.2 Å². The van der Waals surface area contributed by atoms with Gasteiger partial charge < -0.3 is 0 Å². The van der Waals surface area contributed by atoms with Gasteiger partial charge >= 0.3 is 0 Å². The van der Waals surface area contributed by atoms with Crippen LogP contribution in [-0.4, -0.2) is 26.9 Å². The highest BCUT2D eigenvalue weighted by atomic mass is 32.2. The van der Waals surface area contributed by atoms with Gasteiger partial charge in [-0.25, -0.2) is 17.7 Å².